The molecule has 0 bridgehead atoms. The average molecular weight is 794 g/mol. The van der Waals surface area contributed by atoms with Gasteiger partial charge < -0.3 is 5.41 Å². The van der Waals surface area contributed by atoms with Gasteiger partial charge in [0.25, 0.3) is 0 Å². The third-order valence-corrected chi connectivity index (χ3v) is 12.7. The van der Waals surface area contributed by atoms with Crippen LogP contribution in [0.15, 0.2) is 224 Å². The fraction of sp³-hybridized carbons (Fsp3) is 0.0656. The molecular weight excluding hydrogens is 747 g/mol. The molecule has 1 aliphatic carbocycles. The summed E-state index contributed by atoms with van der Waals surface area (Å²) in [5.41, 5.74) is 19.2. The van der Waals surface area contributed by atoms with Gasteiger partial charge in [-0.3, -0.25) is 0 Å². The van der Waals surface area contributed by atoms with Crippen LogP contribution in [0.5, 0.6) is 0 Å². The van der Waals surface area contributed by atoms with E-state index in [1.54, 1.807) is 0 Å². The molecule has 0 saturated heterocycles. The largest absolute Gasteiger partial charge is 0.308 e. The Hall–Kier alpha value is -7.61. The molecule has 1 nitrogen and oxygen atoms in total. The fourth-order valence-electron chi connectivity index (χ4n) is 9.48. The fourth-order valence-corrected chi connectivity index (χ4v) is 9.48. The number of fused-ring (bicyclic) bond motifs is 5. The van der Waals surface area contributed by atoms with Crippen molar-refractivity contribution in [2.24, 2.45) is 0 Å². The summed E-state index contributed by atoms with van der Waals surface area (Å²) >= 11 is 0. The molecule has 0 amide bonds. The summed E-state index contributed by atoms with van der Waals surface area (Å²) in [6, 6.07) is 81.4. The Balaban J connectivity index is 0.000000518. The maximum atomic E-state index is 6.82. The van der Waals surface area contributed by atoms with Gasteiger partial charge in [-0.25, -0.2) is 0 Å². The van der Waals surface area contributed by atoms with Crippen LogP contribution in [0, 0.1) is 5.41 Å². The molecule has 62 heavy (non-hydrogen) atoms. The highest BCUT2D eigenvalue weighted by molar-refractivity contribution is 6.12. The molecule has 0 saturated carbocycles. The SMILES string of the molecule is CC1(C)c2ccccc2-c2ccc(-c3ccc(-c4ccc(-c5ccc(-c6ccc(Cc7ccccc7)cc6)c6ccccc56)c5ccccc45)cc3)cc21.N=Cc1ccccc1. The van der Waals surface area contributed by atoms with Crippen LogP contribution >= 0.6 is 0 Å². The monoisotopic (exact) mass is 793 g/mol. The van der Waals surface area contributed by atoms with Crippen LogP contribution in [-0.4, -0.2) is 6.21 Å². The molecule has 296 valence electrons. The molecule has 1 heteroatoms. The zero-order chi connectivity index (χ0) is 42.0. The van der Waals surface area contributed by atoms with E-state index in [9.17, 15) is 0 Å². The van der Waals surface area contributed by atoms with E-state index in [0.717, 1.165) is 12.0 Å². The molecule has 0 heterocycles. The van der Waals surface area contributed by atoms with Gasteiger partial charge in [0.15, 0.2) is 0 Å². The normalized spacial score (nSPS) is 12.3. The smallest absolute Gasteiger partial charge is 0.0250 e. The van der Waals surface area contributed by atoms with Crippen LogP contribution in [-0.2, 0) is 11.8 Å². The molecule has 0 radical (unpaired) electrons. The van der Waals surface area contributed by atoms with Gasteiger partial charge in [0.2, 0.25) is 0 Å². The maximum absolute atomic E-state index is 6.82. The third kappa shape index (κ3) is 7.22. The summed E-state index contributed by atoms with van der Waals surface area (Å²) in [6.07, 6.45) is 2.27. The third-order valence-electron chi connectivity index (χ3n) is 12.7. The van der Waals surface area contributed by atoms with E-state index in [1.807, 2.05) is 30.3 Å². The minimum atomic E-state index is -0.0115. The Bertz CT molecular complexity index is 3210. The highest BCUT2D eigenvalue weighted by Gasteiger charge is 2.35. The number of hydrogen-bond donors (Lipinski definition) is 1. The first-order valence-corrected chi connectivity index (χ1v) is 21.5. The van der Waals surface area contributed by atoms with Crippen LogP contribution in [0.1, 0.15) is 41.7 Å². The lowest BCUT2D eigenvalue weighted by Gasteiger charge is -2.22. The number of benzene rings is 10. The Morgan fingerprint density at radius 3 is 1.31 bits per heavy atom. The van der Waals surface area contributed by atoms with Crippen molar-refractivity contribution in [1.82, 2.24) is 0 Å². The Morgan fingerprint density at radius 1 is 0.339 bits per heavy atom. The summed E-state index contributed by atoms with van der Waals surface area (Å²) in [4.78, 5) is 0. The molecule has 1 N–H and O–H groups in total. The molecule has 0 aromatic heterocycles. The van der Waals surface area contributed by atoms with Gasteiger partial charge in [0.05, 0.1) is 0 Å². The highest BCUT2D eigenvalue weighted by atomic mass is 14.4. The van der Waals surface area contributed by atoms with Gasteiger partial charge in [-0.1, -0.05) is 232 Å². The van der Waals surface area contributed by atoms with E-state index >= 15 is 0 Å². The molecule has 11 rings (SSSR count). The van der Waals surface area contributed by atoms with Crippen LogP contribution in [0.25, 0.3) is 77.2 Å². The van der Waals surface area contributed by atoms with Crippen molar-refractivity contribution in [1.29, 1.82) is 5.41 Å². The predicted molar refractivity (Wildman–Crippen MR) is 264 cm³/mol. The molecule has 0 atom stereocenters. The molecular formula is C61H47N. The van der Waals surface area contributed by atoms with E-state index in [0.29, 0.717) is 0 Å². The first-order valence-electron chi connectivity index (χ1n) is 21.5. The second kappa shape index (κ2) is 16.4. The van der Waals surface area contributed by atoms with Crippen molar-refractivity contribution < 1.29 is 0 Å². The van der Waals surface area contributed by atoms with Crippen molar-refractivity contribution in [3.05, 3.63) is 252 Å². The molecule has 1 aliphatic rings. The maximum Gasteiger partial charge on any atom is 0.0250 e. The van der Waals surface area contributed by atoms with Crippen molar-refractivity contribution in [3.63, 3.8) is 0 Å². The number of nitrogens with one attached hydrogen (secondary N) is 1. The van der Waals surface area contributed by atoms with Gasteiger partial charge in [0, 0.05) is 11.6 Å². The summed E-state index contributed by atoms with van der Waals surface area (Å²) in [5, 5.41) is 11.9. The van der Waals surface area contributed by atoms with E-state index in [1.165, 1.54) is 106 Å². The Kier molecular flexibility index (Phi) is 10.2. The molecule has 0 aliphatic heterocycles. The Labute approximate surface area is 365 Å². The second-order valence-corrected chi connectivity index (χ2v) is 16.8. The standard InChI is InChI=1S/C54H40.C7H7N/c1-54(2)52-19-11-10-18-50(52)51-29-28-41(35-53(51)54)38-24-26-40(27-25-38)43-31-33-49(47-17-9-7-15-45(43)47)48-32-30-42(44-14-6-8-16-46(44)48)39-22-20-37(21-23-39)34-36-12-4-3-5-13-36;8-6-7-4-2-1-3-5-7/h3-33,35H,34H2,1-2H3;1-6,8H. The van der Waals surface area contributed by atoms with E-state index in [2.05, 4.69) is 208 Å². The van der Waals surface area contributed by atoms with Gasteiger partial charge >= 0.3 is 0 Å². The van der Waals surface area contributed by atoms with E-state index < -0.39 is 0 Å². The summed E-state index contributed by atoms with van der Waals surface area (Å²) in [6.45, 7) is 4.70. The molecule has 10 aromatic rings. The predicted octanol–water partition coefficient (Wildman–Crippen LogP) is 16.2. The van der Waals surface area contributed by atoms with Gasteiger partial charge in [-0.05, 0) is 117 Å². The van der Waals surface area contributed by atoms with Crippen molar-refractivity contribution >= 4 is 27.8 Å². The van der Waals surface area contributed by atoms with E-state index in [4.69, 9.17) is 5.41 Å². The zero-order valence-electron chi connectivity index (χ0n) is 35.1. The zero-order valence-corrected chi connectivity index (χ0v) is 35.1. The topological polar surface area (TPSA) is 23.9 Å². The lowest BCUT2D eigenvalue weighted by atomic mass is 9.81. The first-order chi connectivity index (χ1) is 30.5. The molecule has 0 spiro atoms. The van der Waals surface area contributed by atoms with Crippen molar-refractivity contribution in [3.8, 4) is 55.6 Å². The number of hydrogen-bond acceptors (Lipinski definition) is 1. The number of rotatable bonds is 7. The van der Waals surface area contributed by atoms with Crippen molar-refractivity contribution in [2.75, 3.05) is 0 Å². The van der Waals surface area contributed by atoms with Crippen LogP contribution < -0.4 is 0 Å². The van der Waals surface area contributed by atoms with Crippen LogP contribution in [0.4, 0.5) is 0 Å². The minimum Gasteiger partial charge on any atom is -0.308 e. The van der Waals surface area contributed by atoms with Crippen molar-refractivity contribution in [2.45, 2.75) is 25.7 Å². The molecule has 0 unspecified atom stereocenters. The summed E-state index contributed by atoms with van der Waals surface area (Å²) < 4.78 is 0. The second-order valence-electron chi connectivity index (χ2n) is 16.8. The van der Waals surface area contributed by atoms with Crippen LogP contribution in [0.3, 0.4) is 0 Å². The lowest BCUT2D eigenvalue weighted by molar-refractivity contribution is 0.660. The summed E-state index contributed by atoms with van der Waals surface area (Å²) in [5.74, 6) is 0. The summed E-state index contributed by atoms with van der Waals surface area (Å²) in [7, 11) is 0. The lowest BCUT2D eigenvalue weighted by Crippen LogP contribution is -2.14. The average Bonchev–Trinajstić information content (AvgIpc) is 3.57. The Morgan fingerprint density at radius 2 is 0.742 bits per heavy atom. The highest BCUT2D eigenvalue weighted by Crippen LogP contribution is 2.49. The van der Waals surface area contributed by atoms with Gasteiger partial charge in [-0.15, -0.1) is 0 Å². The van der Waals surface area contributed by atoms with Crippen LogP contribution in [0.2, 0.25) is 0 Å². The first kappa shape index (κ1) is 38.6. The van der Waals surface area contributed by atoms with Gasteiger partial charge in [-0.2, -0.15) is 0 Å². The molecule has 0 fully saturated rings. The quantitative estimate of drug-likeness (QED) is 0.155. The van der Waals surface area contributed by atoms with E-state index in [-0.39, 0.29) is 5.41 Å². The minimum absolute atomic E-state index is 0.0115. The van der Waals surface area contributed by atoms with Gasteiger partial charge in [0.1, 0.15) is 0 Å². The molecule has 10 aromatic carbocycles.